The first-order chi connectivity index (χ1) is 16.2. The molecule has 9 nitrogen and oxygen atoms in total. The molecule has 3 rings (SSSR count). The molecule has 0 bridgehead atoms. The quantitative estimate of drug-likeness (QED) is 0.459. The number of anilines is 1. The highest BCUT2D eigenvalue weighted by atomic mass is 32.2. The van der Waals surface area contributed by atoms with Crippen molar-refractivity contribution < 1.29 is 22.7 Å². The fraction of sp³-hybridized carbons (Fsp3) is 0.208. The van der Waals surface area contributed by atoms with Crippen molar-refractivity contribution >= 4 is 27.5 Å². The summed E-state index contributed by atoms with van der Waals surface area (Å²) in [6.45, 7) is 1.58. The number of sulfonamides is 1. The fourth-order valence-electron chi connectivity index (χ4n) is 3.01. The highest BCUT2D eigenvalue weighted by Crippen LogP contribution is 2.17. The molecule has 0 saturated heterocycles. The van der Waals surface area contributed by atoms with Gasteiger partial charge in [-0.2, -0.15) is 4.31 Å². The highest BCUT2D eigenvalue weighted by molar-refractivity contribution is 7.89. The number of amides is 2. The molecule has 3 aromatic rings. The Morgan fingerprint density at radius 1 is 1.00 bits per heavy atom. The summed E-state index contributed by atoms with van der Waals surface area (Å²) in [5.74, 6) is -0.281. The van der Waals surface area contributed by atoms with Crippen LogP contribution in [0.4, 0.5) is 5.69 Å². The largest absolute Gasteiger partial charge is 0.473 e. The Bertz CT molecular complexity index is 1230. The summed E-state index contributed by atoms with van der Waals surface area (Å²) in [6.07, 6.45) is 1.59. The van der Waals surface area contributed by atoms with Gasteiger partial charge in [0.2, 0.25) is 27.7 Å². The van der Waals surface area contributed by atoms with Crippen LogP contribution in [-0.2, 0) is 32.8 Å². The van der Waals surface area contributed by atoms with Crippen LogP contribution in [0.5, 0.6) is 5.88 Å². The maximum atomic E-state index is 12.7. The Kier molecular flexibility index (Phi) is 8.34. The zero-order valence-electron chi connectivity index (χ0n) is 18.9. The minimum atomic E-state index is -3.87. The van der Waals surface area contributed by atoms with Crippen molar-refractivity contribution in [1.29, 1.82) is 0 Å². The van der Waals surface area contributed by atoms with Crippen molar-refractivity contribution in [3.8, 4) is 5.88 Å². The number of nitrogens with zero attached hydrogens (tertiary/aromatic N) is 2. The van der Waals surface area contributed by atoms with Gasteiger partial charge in [-0.1, -0.05) is 30.3 Å². The van der Waals surface area contributed by atoms with Gasteiger partial charge < -0.3 is 15.4 Å². The van der Waals surface area contributed by atoms with Crippen LogP contribution in [0, 0.1) is 0 Å². The molecule has 0 aliphatic heterocycles. The van der Waals surface area contributed by atoms with Crippen LogP contribution in [-0.4, -0.2) is 43.1 Å². The van der Waals surface area contributed by atoms with Gasteiger partial charge in [0.1, 0.15) is 6.61 Å². The zero-order valence-corrected chi connectivity index (χ0v) is 19.7. The van der Waals surface area contributed by atoms with Gasteiger partial charge in [-0.3, -0.25) is 9.59 Å². The lowest BCUT2D eigenvalue weighted by Crippen LogP contribution is -2.38. The summed E-state index contributed by atoms with van der Waals surface area (Å²) in [5, 5.41) is 5.28. The Hall–Kier alpha value is -3.76. The predicted molar refractivity (Wildman–Crippen MR) is 127 cm³/mol. The third-order valence-electron chi connectivity index (χ3n) is 4.77. The Labute approximate surface area is 198 Å². The van der Waals surface area contributed by atoms with E-state index in [-0.39, 0.29) is 23.9 Å². The van der Waals surface area contributed by atoms with Crippen molar-refractivity contribution in [1.82, 2.24) is 14.6 Å². The zero-order chi connectivity index (χ0) is 24.6. The van der Waals surface area contributed by atoms with Crippen molar-refractivity contribution in [3.05, 3.63) is 84.1 Å². The van der Waals surface area contributed by atoms with Crippen molar-refractivity contribution in [2.75, 3.05) is 18.9 Å². The molecule has 34 heavy (non-hydrogen) atoms. The van der Waals surface area contributed by atoms with Crippen LogP contribution in [0.1, 0.15) is 18.1 Å². The number of carbonyl (C=O) groups excluding carboxylic acids is 2. The van der Waals surface area contributed by atoms with E-state index in [9.17, 15) is 18.0 Å². The molecule has 0 spiro atoms. The summed E-state index contributed by atoms with van der Waals surface area (Å²) >= 11 is 0. The fourth-order valence-corrected chi connectivity index (χ4v) is 4.14. The number of rotatable bonds is 10. The van der Waals surface area contributed by atoms with Crippen LogP contribution in [0.3, 0.4) is 0 Å². The van der Waals surface area contributed by atoms with Crippen molar-refractivity contribution in [2.24, 2.45) is 0 Å². The van der Waals surface area contributed by atoms with Gasteiger partial charge in [0.25, 0.3) is 0 Å². The molecule has 178 valence electrons. The standard InChI is InChI=1S/C24H26N4O5S/c1-18(29)27-21-8-10-22(11-9-21)34(31,32)28(2)16-23(30)26-15-20-12-13-25-24(14-20)33-17-19-6-4-3-5-7-19/h3-14H,15-17H2,1-2H3,(H,26,30)(H,27,29). The normalized spacial score (nSPS) is 11.1. The molecule has 0 radical (unpaired) electrons. The molecule has 1 heterocycles. The van der Waals surface area contributed by atoms with E-state index in [4.69, 9.17) is 4.74 Å². The Morgan fingerprint density at radius 2 is 1.71 bits per heavy atom. The number of ether oxygens (including phenoxy) is 1. The lowest BCUT2D eigenvalue weighted by atomic mass is 10.2. The molecule has 0 fully saturated rings. The van der Waals surface area contributed by atoms with E-state index in [0.717, 1.165) is 15.4 Å². The van der Waals surface area contributed by atoms with Gasteiger partial charge in [-0.15, -0.1) is 0 Å². The molecule has 0 aliphatic rings. The lowest BCUT2D eigenvalue weighted by molar-refractivity contribution is -0.121. The summed E-state index contributed by atoms with van der Waals surface area (Å²) in [4.78, 5) is 27.7. The van der Waals surface area contributed by atoms with Crippen LogP contribution in [0.25, 0.3) is 0 Å². The van der Waals surface area contributed by atoms with E-state index in [1.54, 1.807) is 18.3 Å². The number of likely N-dealkylation sites (N-methyl/N-ethyl adjacent to an activating group) is 1. The lowest BCUT2D eigenvalue weighted by Gasteiger charge is -2.17. The second-order valence-corrected chi connectivity index (χ2v) is 9.56. The van der Waals surface area contributed by atoms with Gasteiger partial charge in [0.05, 0.1) is 11.4 Å². The van der Waals surface area contributed by atoms with E-state index in [1.807, 2.05) is 30.3 Å². The molecule has 1 aromatic heterocycles. The number of nitrogens with one attached hydrogen (secondary N) is 2. The van der Waals surface area contributed by atoms with Gasteiger partial charge >= 0.3 is 0 Å². The van der Waals surface area contributed by atoms with E-state index < -0.39 is 15.9 Å². The van der Waals surface area contributed by atoms with Gasteiger partial charge in [-0.25, -0.2) is 13.4 Å². The molecule has 10 heteroatoms. The Morgan fingerprint density at radius 3 is 2.38 bits per heavy atom. The maximum absolute atomic E-state index is 12.7. The second-order valence-electron chi connectivity index (χ2n) is 7.52. The van der Waals surface area contributed by atoms with Crippen molar-refractivity contribution in [3.63, 3.8) is 0 Å². The van der Waals surface area contributed by atoms with Gasteiger partial charge in [-0.05, 0) is 41.5 Å². The molecular formula is C24H26N4O5S. The average molecular weight is 483 g/mol. The summed E-state index contributed by atoms with van der Waals surface area (Å²) in [6, 6.07) is 18.9. The predicted octanol–water partition coefficient (Wildman–Crippen LogP) is 2.56. The highest BCUT2D eigenvalue weighted by Gasteiger charge is 2.23. The second kappa shape index (κ2) is 11.4. The summed E-state index contributed by atoms with van der Waals surface area (Å²) in [7, 11) is -2.54. The SMILES string of the molecule is CC(=O)Nc1ccc(S(=O)(=O)N(C)CC(=O)NCc2ccnc(OCc3ccccc3)c2)cc1. The van der Waals surface area contributed by atoms with Crippen LogP contribution in [0.2, 0.25) is 0 Å². The molecule has 0 aliphatic carbocycles. The van der Waals surface area contributed by atoms with E-state index >= 15 is 0 Å². The molecule has 2 aromatic carbocycles. The van der Waals surface area contributed by atoms with E-state index in [1.165, 1.54) is 38.2 Å². The molecule has 2 N–H and O–H groups in total. The monoisotopic (exact) mass is 482 g/mol. The van der Waals surface area contributed by atoms with Crippen molar-refractivity contribution in [2.45, 2.75) is 25.0 Å². The Balaban J connectivity index is 1.52. The third kappa shape index (κ3) is 7.12. The number of pyridine rings is 1. The first-order valence-electron chi connectivity index (χ1n) is 10.5. The number of carbonyl (C=O) groups is 2. The first-order valence-corrected chi connectivity index (χ1v) is 11.9. The summed E-state index contributed by atoms with van der Waals surface area (Å²) < 4.78 is 32.1. The third-order valence-corrected chi connectivity index (χ3v) is 6.59. The molecular weight excluding hydrogens is 456 g/mol. The molecule has 0 unspecified atom stereocenters. The number of hydrogen-bond acceptors (Lipinski definition) is 6. The topological polar surface area (TPSA) is 118 Å². The van der Waals surface area contributed by atoms with Gasteiger partial charge in [0, 0.05) is 38.5 Å². The number of benzene rings is 2. The minimum absolute atomic E-state index is 0.0197. The summed E-state index contributed by atoms with van der Waals surface area (Å²) in [5.41, 5.74) is 2.26. The number of aromatic nitrogens is 1. The molecule has 0 saturated carbocycles. The maximum Gasteiger partial charge on any atom is 0.243 e. The first kappa shape index (κ1) is 24.9. The molecule has 2 amide bonds. The number of hydrogen-bond donors (Lipinski definition) is 2. The van der Waals surface area contributed by atoms with Crippen LogP contribution >= 0.6 is 0 Å². The smallest absolute Gasteiger partial charge is 0.243 e. The van der Waals surface area contributed by atoms with E-state index in [0.29, 0.717) is 18.2 Å². The van der Waals surface area contributed by atoms with Crippen LogP contribution in [0.15, 0.2) is 77.8 Å². The van der Waals surface area contributed by atoms with Gasteiger partial charge in [0.15, 0.2) is 0 Å². The minimum Gasteiger partial charge on any atom is -0.473 e. The molecule has 0 atom stereocenters. The van der Waals surface area contributed by atoms with E-state index in [2.05, 4.69) is 15.6 Å². The van der Waals surface area contributed by atoms with Crippen LogP contribution < -0.4 is 15.4 Å². The average Bonchev–Trinajstić information content (AvgIpc) is 2.82.